The van der Waals surface area contributed by atoms with Gasteiger partial charge in [-0.25, -0.2) is 4.98 Å². The summed E-state index contributed by atoms with van der Waals surface area (Å²) in [5, 5.41) is 8.35. The number of nitrogens with zero attached hydrogens (tertiary/aromatic N) is 3. The fourth-order valence-electron chi connectivity index (χ4n) is 4.62. The van der Waals surface area contributed by atoms with Crippen molar-refractivity contribution in [2.24, 2.45) is 5.92 Å². The van der Waals surface area contributed by atoms with E-state index in [2.05, 4.69) is 65.6 Å². The highest BCUT2D eigenvalue weighted by Gasteiger charge is 2.22. The Morgan fingerprint density at radius 2 is 1.80 bits per heavy atom. The zero-order valence-electron chi connectivity index (χ0n) is 20.1. The Balaban J connectivity index is 0.00000342. The topological polar surface area (TPSA) is 62.3 Å². The number of benzene rings is 2. The second-order valence-electron chi connectivity index (χ2n) is 9.08. The van der Waals surface area contributed by atoms with E-state index >= 15 is 0 Å². The molecule has 3 aromatic rings. The van der Waals surface area contributed by atoms with Gasteiger partial charge in [0.25, 0.3) is 0 Å². The van der Waals surface area contributed by atoms with E-state index < -0.39 is 0 Å². The minimum Gasteiger partial charge on any atom is -0.492 e. The van der Waals surface area contributed by atoms with E-state index in [9.17, 15) is 0 Å². The van der Waals surface area contributed by atoms with Gasteiger partial charge in [-0.1, -0.05) is 35.5 Å². The smallest absolute Gasteiger partial charge is 0.225 e. The summed E-state index contributed by atoms with van der Waals surface area (Å²) in [4.78, 5) is 11.6. The molecular formula is C27H37Br2N5O. The third-order valence-electron chi connectivity index (χ3n) is 6.31. The van der Waals surface area contributed by atoms with Gasteiger partial charge in [-0.05, 0) is 85.3 Å². The second-order valence-corrected chi connectivity index (χ2v) is 10.9. The molecule has 4 rings (SSSR count). The summed E-state index contributed by atoms with van der Waals surface area (Å²) in [5.74, 6) is 3.29. The van der Waals surface area contributed by atoms with Crippen LogP contribution >= 0.6 is 31.9 Å². The van der Waals surface area contributed by atoms with Crippen LogP contribution in [0.2, 0.25) is 0 Å². The molecule has 2 aromatic carbocycles. The summed E-state index contributed by atoms with van der Waals surface area (Å²) in [6.45, 7) is 4.48. The van der Waals surface area contributed by atoms with Gasteiger partial charge in [-0.3, -0.25) is 0 Å². The molecule has 0 amide bonds. The maximum Gasteiger partial charge on any atom is 0.225 e. The van der Waals surface area contributed by atoms with E-state index in [1.54, 1.807) is 0 Å². The molecule has 0 radical (unpaired) electrons. The molecule has 6 nitrogen and oxygen atoms in total. The van der Waals surface area contributed by atoms with Crippen molar-refractivity contribution in [3.05, 3.63) is 50.9 Å². The SMILES string of the molecule is C.CCOc1c(Br)cc(Br)cc1CNCC1CCC(Nc2nc(N(C)C)c3ccccc3n2)CC1. The molecule has 1 aliphatic rings. The average Bonchev–Trinajstić information content (AvgIpc) is 2.81. The normalized spacial score (nSPS) is 17.6. The minimum atomic E-state index is 0. The molecule has 0 atom stereocenters. The molecule has 35 heavy (non-hydrogen) atoms. The molecule has 1 fully saturated rings. The van der Waals surface area contributed by atoms with E-state index in [0.717, 1.165) is 63.3 Å². The zero-order valence-corrected chi connectivity index (χ0v) is 23.2. The number of fused-ring (bicyclic) bond motifs is 1. The zero-order chi connectivity index (χ0) is 24.1. The molecule has 0 aliphatic heterocycles. The lowest BCUT2D eigenvalue weighted by atomic mass is 9.86. The number of hydrogen-bond acceptors (Lipinski definition) is 6. The molecule has 0 spiro atoms. The van der Waals surface area contributed by atoms with Crippen molar-refractivity contribution in [3.63, 3.8) is 0 Å². The van der Waals surface area contributed by atoms with Crippen molar-refractivity contribution in [2.45, 2.75) is 52.6 Å². The number of ether oxygens (including phenoxy) is 1. The van der Waals surface area contributed by atoms with Gasteiger partial charge >= 0.3 is 0 Å². The summed E-state index contributed by atoms with van der Waals surface area (Å²) in [7, 11) is 4.06. The van der Waals surface area contributed by atoms with Crippen LogP contribution in [-0.2, 0) is 6.54 Å². The fourth-order valence-corrected chi connectivity index (χ4v) is 6.05. The Kier molecular flexibility index (Phi) is 10.2. The Bertz CT molecular complexity index is 1120. The summed E-state index contributed by atoms with van der Waals surface area (Å²) < 4.78 is 7.90. The number of aromatic nitrogens is 2. The highest BCUT2D eigenvalue weighted by Crippen LogP contribution is 2.33. The first kappa shape index (κ1) is 27.7. The third kappa shape index (κ3) is 7.08. The molecule has 0 saturated heterocycles. The number of halogens is 2. The maximum atomic E-state index is 5.86. The molecule has 2 N–H and O–H groups in total. The molecule has 1 aliphatic carbocycles. The Labute approximate surface area is 226 Å². The molecule has 0 unspecified atom stereocenters. The van der Waals surface area contributed by atoms with Crippen molar-refractivity contribution in [1.82, 2.24) is 15.3 Å². The molecule has 1 saturated carbocycles. The lowest BCUT2D eigenvalue weighted by Crippen LogP contribution is -2.31. The predicted molar refractivity (Wildman–Crippen MR) is 155 cm³/mol. The lowest BCUT2D eigenvalue weighted by molar-refractivity contribution is 0.318. The van der Waals surface area contributed by atoms with Gasteiger partial charge in [0, 0.05) is 42.1 Å². The molecule has 1 aromatic heterocycles. The van der Waals surface area contributed by atoms with Gasteiger partial charge in [0.15, 0.2) is 0 Å². The molecule has 8 heteroatoms. The van der Waals surface area contributed by atoms with Crippen molar-refractivity contribution >= 4 is 54.5 Å². The minimum absolute atomic E-state index is 0. The molecule has 1 heterocycles. The standard InChI is InChI=1S/C26H33Br2N5O.CH4/c1-4-34-24-18(13-19(27)14-22(24)28)16-29-15-17-9-11-20(12-10-17)30-26-31-23-8-6-5-7-21(23)25(32-26)33(2)3;/h5-8,13-14,17,20,29H,4,9-12,15-16H2,1-3H3,(H,30,31,32);1H4. The van der Waals surface area contributed by atoms with Crippen LogP contribution in [0, 0.1) is 5.92 Å². The quantitative estimate of drug-likeness (QED) is 0.273. The summed E-state index contributed by atoms with van der Waals surface area (Å²) >= 11 is 7.22. The Morgan fingerprint density at radius 1 is 1.06 bits per heavy atom. The average molecular weight is 607 g/mol. The Morgan fingerprint density at radius 3 is 2.51 bits per heavy atom. The number of para-hydroxylation sites is 1. The summed E-state index contributed by atoms with van der Waals surface area (Å²) in [6, 6.07) is 12.8. The first-order valence-corrected chi connectivity index (χ1v) is 13.5. The lowest BCUT2D eigenvalue weighted by Gasteiger charge is -2.29. The van der Waals surface area contributed by atoms with Crippen LogP contribution in [-0.4, -0.2) is 43.3 Å². The molecular weight excluding hydrogens is 570 g/mol. The van der Waals surface area contributed by atoms with Crippen LogP contribution in [0.15, 0.2) is 45.3 Å². The van der Waals surface area contributed by atoms with Crippen molar-refractivity contribution < 1.29 is 4.74 Å². The van der Waals surface area contributed by atoms with E-state index in [4.69, 9.17) is 14.7 Å². The van der Waals surface area contributed by atoms with Gasteiger partial charge in [0.2, 0.25) is 5.95 Å². The van der Waals surface area contributed by atoms with Gasteiger partial charge in [-0.2, -0.15) is 4.98 Å². The van der Waals surface area contributed by atoms with Crippen LogP contribution < -0.4 is 20.3 Å². The third-order valence-corrected chi connectivity index (χ3v) is 7.36. The number of rotatable bonds is 9. The number of anilines is 2. The monoisotopic (exact) mass is 605 g/mol. The fraction of sp³-hybridized carbons (Fsp3) is 0.481. The molecule has 0 bridgehead atoms. The van der Waals surface area contributed by atoms with Crippen LogP contribution in [0.3, 0.4) is 0 Å². The van der Waals surface area contributed by atoms with Crippen LogP contribution in [0.5, 0.6) is 5.75 Å². The van der Waals surface area contributed by atoms with Crippen LogP contribution in [0.4, 0.5) is 11.8 Å². The van der Waals surface area contributed by atoms with Crippen molar-refractivity contribution in [1.29, 1.82) is 0 Å². The second kappa shape index (κ2) is 12.9. The maximum absolute atomic E-state index is 5.86. The predicted octanol–water partition coefficient (Wildman–Crippen LogP) is 7.02. The van der Waals surface area contributed by atoms with Crippen LogP contribution in [0.25, 0.3) is 10.9 Å². The molecule has 190 valence electrons. The van der Waals surface area contributed by atoms with Gasteiger partial charge in [-0.15, -0.1) is 0 Å². The summed E-state index contributed by atoms with van der Waals surface area (Å²) in [6.07, 6.45) is 4.65. The number of nitrogens with one attached hydrogen (secondary N) is 2. The first-order chi connectivity index (χ1) is 16.4. The highest BCUT2D eigenvalue weighted by atomic mass is 79.9. The van der Waals surface area contributed by atoms with Gasteiger partial charge < -0.3 is 20.3 Å². The Hall–Kier alpha value is -1.90. The highest BCUT2D eigenvalue weighted by molar-refractivity contribution is 9.11. The largest absolute Gasteiger partial charge is 0.492 e. The van der Waals surface area contributed by atoms with Gasteiger partial charge in [0.1, 0.15) is 11.6 Å². The summed E-state index contributed by atoms with van der Waals surface area (Å²) in [5.41, 5.74) is 2.15. The van der Waals surface area contributed by atoms with E-state index in [0.29, 0.717) is 18.6 Å². The van der Waals surface area contributed by atoms with Crippen LogP contribution in [0.1, 0.15) is 45.6 Å². The van der Waals surface area contributed by atoms with E-state index in [1.165, 1.54) is 18.4 Å². The first-order valence-electron chi connectivity index (χ1n) is 12.0. The number of hydrogen-bond donors (Lipinski definition) is 2. The van der Waals surface area contributed by atoms with Crippen molar-refractivity contribution in [3.8, 4) is 5.75 Å². The van der Waals surface area contributed by atoms with Gasteiger partial charge in [0.05, 0.1) is 16.6 Å². The van der Waals surface area contributed by atoms with E-state index in [1.807, 2.05) is 39.2 Å². The van der Waals surface area contributed by atoms with Crippen molar-refractivity contribution in [2.75, 3.05) is 37.5 Å². The van der Waals surface area contributed by atoms with E-state index in [-0.39, 0.29) is 7.43 Å².